The van der Waals surface area contributed by atoms with Gasteiger partial charge in [-0.3, -0.25) is 0 Å². The summed E-state index contributed by atoms with van der Waals surface area (Å²) in [4.78, 5) is 0. The fraction of sp³-hybridized carbons (Fsp3) is 0.250. The number of benzene rings is 4. The minimum absolute atomic E-state index is 0.148. The molecule has 190 valence electrons. The van der Waals surface area contributed by atoms with Crippen LogP contribution in [0, 0.1) is 0 Å². The molecule has 0 saturated carbocycles. The van der Waals surface area contributed by atoms with Crippen LogP contribution in [0.25, 0.3) is 0 Å². The van der Waals surface area contributed by atoms with Crippen LogP contribution < -0.4 is 9.47 Å². The molecule has 1 heterocycles. The van der Waals surface area contributed by atoms with E-state index in [-0.39, 0.29) is 17.6 Å². The van der Waals surface area contributed by atoms with E-state index in [1.54, 1.807) is 0 Å². The Morgan fingerprint density at radius 2 is 1.35 bits per heavy atom. The van der Waals surface area contributed by atoms with Crippen molar-refractivity contribution in [2.75, 3.05) is 6.61 Å². The Balaban J connectivity index is 0.000000152. The lowest BCUT2D eigenvalue weighted by Gasteiger charge is -2.34. The summed E-state index contributed by atoms with van der Waals surface area (Å²) in [5, 5.41) is 9.97. The zero-order valence-electron chi connectivity index (χ0n) is 21.1. The SMILES string of the molecule is CC1(c2cccc(OCc3ccccc3)c2Br)CO1.C[C@H]1c2cccc(OCc3ccccc3)c2[C@@H]1O. The number of epoxide rings is 1. The molecule has 1 saturated heterocycles. The molecule has 0 aromatic heterocycles. The Labute approximate surface area is 227 Å². The molecular formula is C32H31BrO4. The number of rotatable bonds is 7. The van der Waals surface area contributed by atoms with Gasteiger partial charge >= 0.3 is 0 Å². The summed E-state index contributed by atoms with van der Waals surface area (Å²) in [7, 11) is 0. The van der Waals surface area contributed by atoms with Crippen LogP contribution in [0.5, 0.6) is 11.5 Å². The lowest BCUT2D eigenvalue weighted by atomic mass is 9.75. The van der Waals surface area contributed by atoms with Crippen molar-refractivity contribution in [1.82, 2.24) is 0 Å². The molecule has 2 aliphatic rings. The molecule has 1 unspecified atom stereocenters. The summed E-state index contributed by atoms with van der Waals surface area (Å²) in [6.45, 7) is 6.01. The fourth-order valence-corrected chi connectivity index (χ4v) is 5.29. The van der Waals surface area contributed by atoms with Crippen molar-refractivity contribution in [3.63, 3.8) is 0 Å². The van der Waals surface area contributed by atoms with E-state index < -0.39 is 0 Å². The van der Waals surface area contributed by atoms with E-state index in [4.69, 9.17) is 14.2 Å². The topological polar surface area (TPSA) is 51.2 Å². The lowest BCUT2D eigenvalue weighted by molar-refractivity contribution is 0.116. The van der Waals surface area contributed by atoms with Gasteiger partial charge in [0.2, 0.25) is 0 Å². The molecule has 1 aliphatic heterocycles. The third-order valence-electron chi connectivity index (χ3n) is 6.94. The van der Waals surface area contributed by atoms with E-state index in [0.717, 1.165) is 44.8 Å². The normalized spacial score (nSPS) is 21.1. The molecule has 5 heteroatoms. The van der Waals surface area contributed by atoms with E-state index in [2.05, 4.69) is 47.1 Å². The monoisotopic (exact) mass is 558 g/mol. The van der Waals surface area contributed by atoms with Crippen molar-refractivity contribution in [3.05, 3.63) is 129 Å². The second-order valence-corrected chi connectivity index (χ2v) is 10.5. The molecule has 4 aromatic rings. The van der Waals surface area contributed by atoms with Crippen molar-refractivity contribution >= 4 is 15.9 Å². The maximum atomic E-state index is 9.97. The predicted molar refractivity (Wildman–Crippen MR) is 149 cm³/mol. The molecule has 0 bridgehead atoms. The highest BCUT2D eigenvalue weighted by molar-refractivity contribution is 9.10. The van der Waals surface area contributed by atoms with Gasteiger partial charge in [-0.05, 0) is 51.7 Å². The van der Waals surface area contributed by atoms with Crippen LogP contribution in [0.1, 0.15) is 53.7 Å². The molecule has 4 nitrogen and oxygen atoms in total. The quantitative estimate of drug-likeness (QED) is 0.236. The van der Waals surface area contributed by atoms with Crippen molar-refractivity contribution in [2.24, 2.45) is 0 Å². The highest BCUT2D eigenvalue weighted by Crippen LogP contribution is 2.49. The number of aliphatic hydroxyl groups is 1. The standard InChI is InChI=1S/C16H15BrO2.C16H16O2/c1-16(11-19-16)13-8-5-9-14(15(13)17)18-10-12-6-3-2-4-7-12;1-11-13-8-5-9-14(15(13)16(11)17)18-10-12-6-3-2-4-7-12/h2-9H,10-11H2,1H3;2-9,11,16-17H,10H2,1H3/t;11-,16+/m.0/s1. The third-order valence-corrected chi connectivity index (χ3v) is 7.76. The number of hydrogen-bond acceptors (Lipinski definition) is 4. The summed E-state index contributed by atoms with van der Waals surface area (Å²) >= 11 is 3.63. The summed E-state index contributed by atoms with van der Waals surface area (Å²) < 4.78 is 18.2. The highest BCUT2D eigenvalue weighted by atomic mass is 79.9. The van der Waals surface area contributed by atoms with Crippen LogP contribution in [0.3, 0.4) is 0 Å². The fourth-order valence-electron chi connectivity index (χ4n) is 4.49. The average Bonchev–Trinajstić information content (AvgIpc) is 3.70. The molecule has 0 amide bonds. The Bertz CT molecular complexity index is 1340. The van der Waals surface area contributed by atoms with E-state index >= 15 is 0 Å². The van der Waals surface area contributed by atoms with Crippen molar-refractivity contribution in [1.29, 1.82) is 0 Å². The number of hydrogen-bond donors (Lipinski definition) is 1. The van der Waals surface area contributed by atoms with Crippen LogP contribution in [-0.4, -0.2) is 11.7 Å². The number of fused-ring (bicyclic) bond motifs is 1. The van der Waals surface area contributed by atoms with Gasteiger partial charge in [0.25, 0.3) is 0 Å². The van der Waals surface area contributed by atoms with Gasteiger partial charge in [0.1, 0.15) is 30.3 Å². The summed E-state index contributed by atoms with van der Waals surface area (Å²) in [5.74, 6) is 1.89. The number of ether oxygens (including phenoxy) is 3. The van der Waals surface area contributed by atoms with Gasteiger partial charge in [0.15, 0.2) is 0 Å². The van der Waals surface area contributed by atoms with Crippen molar-refractivity contribution in [2.45, 2.75) is 44.7 Å². The van der Waals surface area contributed by atoms with Crippen molar-refractivity contribution in [3.8, 4) is 11.5 Å². The maximum Gasteiger partial charge on any atom is 0.134 e. The summed E-state index contributed by atoms with van der Waals surface area (Å²) in [6.07, 6.45) is -0.382. The Hall–Kier alpha value is -3.12. The first-order valence-corrected chi connectivity index (χ1v) is 13.3. The van der Waals surface area contributed by atoms with Crippen molar-refractivity contribution < 1.29 is 19.3 Å². The molecule has 0 radical (unpaired) electrons. The molecule has 1 fully saturated rings. The average molecular weight is 560 g/mol. The Kier molecular flexibility index (Phi) is 7.65. The van der Waals surface area contributed by atoms with Gasteiger partial charge in [-0.25, -0.2) is 0 Å². The smallest absolute Gasteiger partial charge is 0.134 e. The highest BCUT2D eigenvalue weighted by Gasteiger charge is 2.43. The second kappa shape index (κ2) is 11.1. The number of aliphatic hydroxyl groups excluding tert-OH is 1. The molecule has 0 spiro atoms. The summed E-state index contributed by atoms with van der Waals surface area (Å²) in [5.41, 5.74) is 5.46. The van der Waals surface area contributed by atoms with Gasteiger partial charge in [-0.15, -0.1) is 0 Å². The van der Waals surface area contributed by atoms with Crippen LogP contribution in [0.15, 0.2) is 102 Å². The lowest BCUT2D eigenvalue weighted by Crippen LogP contribution is -2.22. The van der Waals surface area contributed by atoms with Gasteiger partial charge in [-0.2, -0.15) is 0 Å². The van der Waals surface area contributed by atoms with Crippen LogP contribution in [-0.2, 0) is 23.6 Å². The van der Waals surface area contributed by atoms with Gasteiger partial charge in [-0.1, -0.05) is 91.9 Å². The van der Waals surface area contributed by atoms with E-state index in [0.29, 0.717) is 13.2 Å². The Morgan fingerprint density at radius 1 is 0.811 bits per heavy atom. The van der Waals surface area contributed by atoms with Crippen LogP contribution in [0.2, 0.25) is 0 Å². The first kappa shape index (κ1) is 25.5. The van der Waals surface area contributed by atoms with Gasteiger partial charge in [0, 0.05) is 17.0 Å². The molecule has 6 rings (SSSR count). The Morgan fingerprint density at radius 3 is 1.95 bits per heavy atom. The summed E-state index contributed by atoms with van der Waals surface area (Å²) in [6, 6.07) is 32.2. The van der Waals surface area contributed by atoms with E-state index in [1.807, 2.05) is 79.7 Å². The molecule has 3 atom stereocenters. The molecule has 1 N–H and O–H groups in total. The van der Waals surface area contributed by atoms with Crippen LogP contribution >= 0.6 is 15.9 Å². The first-order chi connectivity index (χ1) is 18.0. The first-order valence-electron chi connectivity index (χ1n) is 12.5. The zero-order chi connectivity index (χ0) is 25.8. The maximum absolute atomic E-state index is 9.97. The van der Waals surface area contributed by atoms with Crippen LogP contribution in [0.4, 0.5) is 0 Å². The molecular weight excluding hydrogens is 528 g/mol. The third kappa shape index (κ3) is 5.74. The largest absolute Gasteiger partial charge is 0.489 e. The predicted octanol–water partition coefficient (Wildman–Crippen LogP) is 7.69. The number of halogens is 1. The van der Waals surface area contributed by atoms with E-state index in [1.165, 1.54) is 5.56 Å². The second-order valence-electron chi connectivity index (χ2n) is 9.68. The minimum atomic E-state index is -0.382. The van der Waals surface area contributed by atoms with Gasteiger partial charge in [0.05, 0.1) is 17.2 Å². The zero-order valence-corrected chi connectivity index (χ0v) is 22.6. The minimum Gasteiger partial charge on any atom is -0.489 e. The van der Waals surface area contributed by atoms with Gasteiger partial charge < -0.3 is 19.3 Å². The molecule has 4 aromatic carbocycles. The molecule has 37 heavy (non-hydrogen) atoms. The van der Waals surface area contributed by atoms with E-state index in [9.17, 15) is 5.11 Å². The molecule has 1 aliphatic carbocycles.